The minimum Gasteiger partial charge on any atom is -0.0651 e. The van der Waals surface area contributed by atoms with Crippen LogP contribution in [0.4, 0.5) is 0 Å². The summed E-state index contributed by atoms with van der Waals surface area (Å²) in [6.45, 7) is 14.0. The fourth-order valence-electron chi connectivity index (χ4n) is 2.47. The third kappa shape index (κ3) is 2.62. The summed E-state index contributed by atoms with van der Waals surface area (Å²) < 4.78 is 0. The second kappa shape index (κ2) is 5.94. The number of hydrogen-bond donors (Lipinski definition) is 0. The highest BCUT2D eigenvalue weighted by Crippen LogP contribution is 2.50. The third-order valence-electron chi connectivity index (χ3n) is 4.28. The van der Waals surface area contributed by atoms with Crippen molar-refractivity contribution in [1.82, 2.24) is 0 Å². The zero-order valence-corrected chi connectivity index (χ0v) is 11.9. The lowest BCUT2D eigenvalue weighted by Gasteiger charge is -2.45. The maximum atomic E-state index is 4.12. The molecule has 3 atom stereocenters. The molecule has 0 aliphatic carbocycles. The highest BCUT2D eigenvalue weighted by atomic mass is 28.1. The van der Waals surface area contributed by atoms with Crippen LogP contribution in [-0.2, 0) is 0 Å². The highest BCUT2D eigenvalue weighted by Gasteiger charge is 2.38. The van der Waals surface area contributed by atoms with Crippen LogP contribution in [0.15, 0.2) is 0 Å². The molecular weight excluding hydrogens is 184 g/mol. The van der Waals surface area contributed by atoms with E-state index in [-0.39, 0.29) is 0 Å². The summed E-state index contributed by atoms with van der Waals surface area (Å²) >= 11 is 0. The molecule has 83 valence electrons. The maximum absolute atomic E-state index is 4.12. The van der Waals surface area contributed by atoms with Gasteiger partial charge in [0, 0.05) is 10.2 Å². The van der Waals surface area contributed by atoms with Gasteiger partial charge >= 0.3 is 0 Å². The lowest BCUT2D eigenvalue weighted by atomic mass is 9.71. The van der Waals surface area contributed by atoms with Crippen molar-refractivity contribution in [2.75, 3.05) is 0 Å². The van der Waals surface area contributed by atoms with E-state index in [4.69, 9.17) is 0 Å². The largest absolute Gasteiger partial charge is 0.0651 e. The first-order chi connectivity index (χ1) is 6.44. The van der Waals surface area contributed by atoms with E-state index in [1.165, 1.54) is 19.3 Å². The molecule has 0 heterocycles. The molecule has 0 N–H and O–H groups in total. The van der Waals surface area contributed by atoms with E-state index in [0.717, 1.165) is 17.8 Å². The van der Waals surface area contributed by atoms with Crippen LogP contribution < -0.4 is 0 Å². The van der Waals surface area contributed by atoms with Crippen LogP contribution in [0.3, 0.4) is 0 Å². The molecule has 0 aromatic heterocycles. The summed E-state index contributed by atoms with van der Waals surface area (Å²) in [7, 11) is 4.12. The first kappa shape index (κ1) is 14.2. The van der Waals surface area contributed by atoms with Crippen LogP contribution in [0, 0.1) is 17.8 Å². The van der Waals surface area contributed by atoms with Gasteiger partial charge in [-0.3, -0.25) is 0 Å². The maximum Gasteiger partial charge on any atom is 0.0324 e. The van der Waals surface area contributed by atoms with Crippen molar-refractivity contribution in [3.05, 3.63) is 0 Å². The molecule has 14 heavy (non-hydrogen) atoms. The molecule has 0 saturated carbocycles. The lowest BCUT2D eigenvalue weighted by molar-refractivity contribution is 0.185. The smallest absolute Gasteiger partial charge is 0.0324 e. The summed E-state index contributed by atoms with van der Waals surface area (Å²) in [4.78, 5) is 0. The molecule has 0 fully saturated rings. The summed E-state index contributed by atoms with van der Waals surface area (Å²) in [5.41, 5.74) is 0. The number of hydrogen-bond acceptors (Lipinski definition) is 0. The van der Waals surface area contributed by atoms with Crippen LogP contribution in [0.2, 0.25) is 5.04 Å². The molecule has 1 heteroatoms. The Bertz CT molecular complexity index is 127. The van der Waals surface area contributed by atoms with E-state index in [1.54, 1.807) is 0 Å². The molecule has 0 saturated heterocycles. The molecular formula is C13H27Si. The zero-order valence-electron chi connectivity index (χ0n) is 10.9. The van der Waals surface area contributed by atoms with E-state index >= 15 is 0 Å². The molecule has 0 aromatic carbocycles. The van der Waals surface area contributed by atoms with Gasteiger partial charge in [0.15, 0.2) is 0 Å². The summed E-state index contributed by atoms with van der Waals surface area (Å²) in [6, 6.07) is 0. The van der Waals surface area contributed by atoms with Crippen LogP contribution in [0.5, 0.6) is 0 Å². The van der Waals surface area contributed by atoms with Gasteiger partial charge in [0.25, 0.3) is 0 Å². The van der Waals surface area contributed by atoms with Gasteiger partial charge in [0.05, 0.1) is 0 Å². The van der Waals surface area contributed by atoms with Crippen molar-refractivity contribution in [3.8, 4) is 0 Å². The predicted octanol–water partition coefficient (Wildman–Crippen LogP) is 4.45. The van der Waals surface area contributed by atoms with Gasteiger partial charge in [-0.05, 0) is 22.8 Å². The Labute approximate surface area is 94.3 Å². The highest BCUT2D eigenvalue weighted by molar-refractivity contribution is 6.15. The van der Waals surface area contributed by atoms with Crippen molar-refractivity contribution in [1.29, 1.82) is 0 Å². The van der Waals surface area contributed by atoms with Gasteiger partial charge in [0.1, 0.15) is 0 Å². The van der Waals surface area contributed by atoms with E-state index in [1.807, 2.05) is 0 Å². The first-order valence-electron chi connectivity index (χ1n) is 6.19. The van der Waals surface area contributed by atoms with Gasteiger partial charge in [-0.1, -0.05) is 60.8 Å². The minimum atomic E-state index is 0.332. The second-order valence-electron chi connectivity index (χ2n) is 4.86. The van der Waals surface area contributed by atoms with Gasteiger partial charge in [-0.2, -0.15) is 0 Å². The molecule has 0 rings (SSSR count). The Morgan fingerprint density at radius 3 is 1.14 bits per heavy atom. The van der Waals surface area contributed by atoms with Crippen molar-refractivity contribution >= 4 is 10.2 Å². The Hall–Kier alpha value is 0.217. The second-order valence-corrected chi connectivity index (χ2v) is 5.73. The SMILES string of the molecule is CCC(C)C([Si])(C(C)CC)C(C)CC. The van der Waals surface area contributed by atoms with Crippen LogP contribution >= 0.6 is 0 Å². The van der Waals surface area contributed by atoms with Crippen molar-refractivity contribution in [2.45, 2.75) is 65.8 Å². The topological polar surface area (TPSA) is 0 Å². The Morgan fingerprint density at radius 1 is 0.786 bits per heavy atom. The van der Waals surface area contributed by atoms with Gasteiger partial charge < -0.3 is 0 Å². The number of rotatable bonds is 6. The van der Waals surface area contributed by atoms with Crippen LogP contribution in [-0.4, -0.2) is 10.2 Å². The van der Waals surface area contributed by atoms with E-state index in [2.05, 4.69) is 51.8 Å². The molecule has 0 nitrogen and oxygen atoms in total. The lowest BCUT2D eigenvalue weighted by Crippen LogP contribution is -2.34. The van der Waals surface area contributed by atoms with Crippen molar-refractivity contribution in [3.63, 3.8) is 0 Å². The molecule has 0 aliphatic rings. The summed E-state index contributed by atoms with van der Waals surface area (Å²) in [6.07, 6.45) is 3.79. The fraction of sp³-hybridized carbons (Fsp3) is 1.00. The van der Waals surface area contributed by atoms with E-state index in [9.17, 15) is 0 Å². The van der Waals surface area contributed by atoms with E-state index in [0.29, 0.717) is 5.04 Å². The Morgan fingerprint density at radius 2 is 1.00 bits per heavy atom. The zero-order chi connectivity index (χ0) is 11.4. The van der Waals surface area contributed by atoms with Gasteiger partial charge in [-0.25, -0.2) is 0 Å². The van der Waals surface area contributed by atoms with Gasteiger partial charge in [-0.15, -0.1) is 0 Å². The first-order valence-corrected chi connectivity index (χ1v) is 6.69. The molecule has 0 bridgehead atoms. The quantitative estimate of drug-likeness (QED) is 0.569. The molecule has 3 unspecified atom stereocenters. The molecule has 0 spiro atoms. The monoisotopic (exact) mass is 211 g/mol. The summed E-state index contributed by atoms with van der Waals surface area (Å²) in [5, 5.41) is 0.332. The molecule has 3 radical (unpaired) electrons. The summed E-state index contributed by atoms with van der Waals surface area (Å²) in [5.74, 6) is 2.26. The molecule has 0 amide bonds. The predicted molar refractivity (Wildman–Crippen MR) is 66.8 cm³/mol. The standard InChI is InChI=1S/C13H27Si/c1-7-10(4)13(14,11(5)8-2)12(6)9-3/h10-12H,7-9H2,1-6H3. The Balaban J connectivity index is 4.83. The Kier molecular flexibility index (Phi) is 6.04. The van der Waals surface area contributed by atoms with Crippen molar-refractivity contribution < 1.29 is 0 Å². The van der Waals surface area contributed by atoms with E-state index < -0.39 is 0 Å². The third-order valence-corrected chi connectivity index (χ3v) is 5.76. The van der Waals surface area contributed by atoms with Crippen LogP contribution in [0.1, 0.15) is 60.8 Å². The van der Waals surface area contributed by atoms with Gasteiger partial charge in [0.2, 0.25) is 0 Å². The molecule has 0 aliphatic heterocycles. The van der Waals surface area contributed by atoms with Crippen molar-refractivity contribution in [2.24, 2.45) is 17.8 Å². The minimum absolute atomic E-state index is 0.332. The molecule has 0 aromatic rings. The van der Waals surface area contributed by atoms with Crippen LogP contribution in [0.25, 0.3) is 0 Å². The fourth-order valence-corrected chi connectivity index (χ4v) is 3.08. The average Bonchev–Trinajstić information content (AvgIpc) is 2.24. The average molecular weight is 211 g/mol. The normalized spacial score (nSPS) is 22.5.